The van der Waals surface area contributed by atoms with Gasteiger partial charge in [0, 0.05) is 18.7 Å². The van der Waals surface area contributed by atoms with Gasteiger partial charge in [0.15, 0.2) is 16.7 Å². The molecule has 8 nitrogen and oxygen atoms in total. The fraction of sp³-hybridized carbons (Fsp3) is 0.273. The molecule has 0 radical (unpaired) electrons. The zero-order valence-corrected chi connectivity index (χ0v) is 18.5. The molecule has 0 unspecified atom stereocenters. The second kappa shape index (κ2) is 9.22. The van der Waals surface area contributed by atoms with Crippen molar-refractivity contribution in [2.45, 2.75) is 38.9 Å². The fourth-order valence-electron chi connectivity index (χ4n) is 3.35. The van der Waals surface area contributed by atoms with Crippen molar-refractivity contribution < 1.29 is 9.21 Å². The van der Waals surface area contributed by atoms with Crippen LogP contribution in [-0.2, 0) is 11.3 Å². The van der Waals surface area contributed by atoms with Gasteiger partial charge in [-0.25, -0.2) is 4.68 Å². The third-order valence-electron chi connectivity index (χ3n) is 4.89. The van der Waals surface area contributed by atoms with Gasteiger partial charge in [0.25, 0.3) is 0 Å². The normalized spacial score (nSPS) is 11.1. The number of furan rings is 1. The molecule has 0 spiro atoms. The molecule has 0 aliphatic rings. The Morgan fingerprint density at radius 3 is 2.65 bits per heavy atom. The number of benzene rings is 1. The van der Waals surface area contributed by atoms with Gasteiger partial charge in [-0.05, 0) is 45.0 Å². The van der Waals surface area contributed by atoms with Gasteiger partial charge in [-0.3, -0.25) is 9.36 Å². The lowest BCUT2D eigenvalue weighted by Crippen LogP contribution is -2.13. The summed E-state index contributed by atoms with van der Waals surface area (Å²) in [6.07, 6.45) is 1.97. The van der Waals surface area contributed by atoms with Gasteiger partial charge in [0.2, 0.25) is 5.91 Å². The van der Waals surface area contributed by atoms with Crippen LogP contribution >= 0.6 is 11.8 Å². The number of carbonyl (C=O) groups excluding carboxylic acids is 1. The lowest BCUT2D eigenvalue weighted by molar-refractivity contribution is -0.115. The van der Waals surface area contributed by atoms with Crippen molar-refractivity contribution in [3.63, 3.8) is 0 Å². The molecule has 0 saturated carbocycles. The molecule has 9 heteroatoms. The van der Waals surface area contributed by atoms with Crippen LogP contribution < -0.4 is 5.32 Å². The van der Waals surface area contributed by atoms with E-state index in [-0.39, 0.29) is 5.91 Å². The van der Waals surface area contributed by atoms with Crippen LogP contribution in [0.4, 0.5) is 5.69 Å². The van der Waals surface area contributed by atoms with Crippen LogP contribution in [0, 0.1) is 13.8 Å². The smallest absolute Gasteiger partial charge is 0.225 e. The Morgan fingerprint density at radius 2 is 1.94 bits per heavy atom. The van der Waals surface area contributed by atoms with Crippen LogP contribution in [0.2, 0.25) is 0 Å². The summed E-state index contributed by atoms with van der Waals surface area (Å²) in [5.41, 5.74) is 3.41. The number of hydrogen-bond acceptors (Lipinski definition) is 6. The van der Waals surface area contributed by atoms with Gasteiger partial charge in [-0.2, -0.15) is 5.10 Å². The Balaban J connectivity index is 1.38. The lowest BCUT2D eigenvalue weighted by atomic mass is 10.3. The van der Waals surface area contributed by atoms with Crippen molar-refractivity contribution in [3.8, 4) is 17.3 Å². The highest BCUT2D eigenvalue weighted by molar-refractivity contribution is 7.99. The van der Waals surface area contributed by atoms with Crippen LogP contribution in [0.3, 0.4) is 0 Å². The number of aryl methyl sites for hydroxylation is 1. The number of thioether (sulfide) groups is 1. The number of rotatable bonds is 8. The second-order valence-corrected chi connectivity index (χ2v) is 8.03. The molecule has 1 N–H and O–H groups in total. The van der Waals surface area contributed by atoms with E-state index in [0.717, 1.165) is 27.9 Å². The topological polar surface area (TPSA) is 90.8 Å². The minimum absolute atomic E-state index is 0.0554. The highest BCUT2D eigenvalue weighted by Gasteiger charge is 2.17. The number of anilines is 1. The Bertz CT molecular complexity index is 1160. The molecule has 4 aromatic rings. The molecule has 1 aromatic carbocycles. The predicted octanol–water partition coefficient (Wildman–Crippen LogP) is 4.48. The van der Waals surface area contributed by atoms with Crippen LogP contribution in [0.1, 0.15) is 24.7 Å². The molecule has 0 atom stereocenters. The summed E-state index contributed by atoms with van der Waals surface area (Å²) in [6, 6.07) is 13.6. The molecule has 1 amide bonds. The first-order valence-corrected chi connectivity index (χ1v) is 11.1. The highest BCUT2D eigenvalue weighted by Crippen LogP contribution is 2.26. The molecule has 160 valence electrons. The van der Waals surface area contributed by atoms with E-state index >= 15 is 0 Å². The molecule has 0 saturated heterocycles. The van der Waals surface area contributed by atoms with E-state index in [4.69, 9.17) is 4.42 Å². The maximum Gasteiger partial charge on any atom is 0.225 e. The van der Waals surface area contributed by atoms with Crippen molar-refractivity contribution in [1.82, 2.24) is 24.5 Å². The summed E-state index contributed by atoms with van der Waals surface area (Å²) in [5, 5.41) is 16.9. The predicted molar refractivity (Wildman–Crippen MR) is 120 cm³/mol. The minimum Gasteiger partial charge on any atom is -0.461 e. The van der Waals surface area contributed by atoms with Gasteiger partial charge >= 0.3 is 0 Å². The van der Waals surface area contributed by atoms with E-state index < -0.39 is 0 Å². The van der Waals surface area contributed by atoms with Crippen molar-refractivity contribution >= 4 is 23.4 Å². The standard InChI is InChI=1S/C22H24N6O2S/c1-4-27-21(18-11-8-13-30-18)24-25-22(27)31-14-12-19(29)23-20-15(2)26-28(16(20)3)17-9-6-5-7-10-17/h5-11,13H,4,12,14H2,1-3H3,(H,23,29). The van der Waals surface area contributed by atoms with Crippen LogP contribution in [-0.4, -0.2) is 36.2 Å². The van der Waals surface area contributed by atoms with Crippen LogP contribution in [0.5, 0.6) is 0 Å². The Morgan fingerprint density at radius 1 is 1.13 bits per heavy atom. The average molecular weight is 437 g/mol. The SMILES string of the molecule is CCn1c(SCCC(=O)Nc2c(C)nn(-c3ccccc3)c2C)nnc1-c1ccco1. The molecule has 31 heavy (non-hydrogen) atoms. The molecule has 0 aliphatic carbocycles. The number of nitrogens with zero attached hydrogens (tertiary/aromatic N) is 5. The summed E-state index contributed by atoms with van der Waals surface area (Å²) in [6.45, 7) is 6.60. The maximum absolute atomic E-state index is 12.6. The van der Waals surface area contributed by atoms with Gasteiger partial charge in [0.1, 0.15) is 0 Å². The summed E-state index contributed by atoms with van der Waals surface area (Å²) in [7, 11) is 0. The molecule has 0 fully saturated rings. The average Bonchev–Trinajstić information content (AvgIpc) is 3.50. The Kier molecular flexibility index (Phi) is 6.22. The van der Waals surface area contributed by atoms with E-state index in [1.807, 2.05) is 72.5 Å². The first-order chi connectivity index (χ1) is 15.1. The van der Waals surface area contributed by atoms with Crippen molar-refractivity contribution in [2.75, 3.05) is 11.1 Å². The van der Waals surface area contributed by atoms with E-state index in [0.29, 0.717) is 30.3 Å². The number of nitrogens with one attached hydrogen (secondary N) is 1. The number of para-hydroxylation sites is 1. The zero-order chi connectivity index (χ0) is 21.8. The Labute approximate surface area is 184 Å². The van der Waals surface area contributed by atoms with Gasteiger partial charge in [-0.1, -0.05) is 30.0 Å². The van der Waals surface area contributed by atoms with Crippen LogP contribution in [0.25, 0.3) is 17.3 Å². The maximum atomic E-state index is 12.6. The molecule has 0 aliphatic heterocycles. The first-order valence-electron chi connectivity index (χ1n) is 10.1. The van der Waals surface area contributed by atoms with Crippen molar-refractivity contribution in [2.24, 2.45) is 0 Å². The largest absolute Gasteiger partial charge is 0.461 e. The van der Waals surface area contributed by atoms with Gasteiger partial charge < -0.3 is 9.73 Å². The number of carbonyl (C=O) groups is 1. The van der Waals surface area contributed by atoms with Gasteiger partial charge in [0.05, 0.1) is 29.0 Å². The Hall–Kier alpha value is -3.33. The monoisotopic (exact) mass is 436 g/mol. The third-order valence-corrected chi connectivity index (χ3v) is 5.86. The third kappa shape index (κ3) is 4.41. The van der Waals surface area contributed by atoms with Crippen molar-refractivity contribution in [1.29, 1.82) is 0 Å². The molecule has 3 heterocycles. The van der Waals surface area contributed by atoms with Crippen LogP contribution in [0.15, 0.2) is 58.3 Å². The molecule has 4 rings (SSSR count). The number of aromatic nitrogens is 5. The zero-order valence-electron chi connectivity index (χ0n) is 17.7. The van der Waals surface area contributed by atoms with E-state index in [2.05, 4.69) is 20.6 Å². The number of amides is 1. The summed E-state index contributed by atoms with van der Waals surface area (Å²) < 4.78 is 9.27. The summed E-state index contributed by atoms with van der Waals surface area (Å²) >= 11 is 1.51. The summed E-state index contributed by atoms with van der Waals surface area (Å²) in [4.78, 5) is 12.6. The second-order valence-electron chi connectivity index (χ2n) is 6.97. The molecular weight excluding hydrogens is 412 g/mol. The van der Waals surface area contributed by atoms with E-state index in [1.165, 1.54) is 11.8 Å². The van der Waals surface area contributed by atoms with Gasteiger partial charge in [-0.15, -0.1) is 10.2 Å². The lowest BCUT2D eigenvalue weighted by Gasteiger charge is -2.08. The van der Waals surface area contributed by atoms with E-state index in [9.17, 15) is 4.79 Å². The summed E-state index contributed by atoms with van der Waals surface area (Å²) in [5.74, 6) is 1.91. The molecule has 0 bridgehead atoms. The number of hydrogen-bond donors (Lipinski definition) is 1. The van der Waals surface area contributed by atoms with Crippen molar-refractivity contribution in [3.05, 3.63) is 60.1 Å². The van der Waals surface area contributed by atoms with E-state index in [1.54, 1.807) is 6.26 Å². The highest BCUT2D eigenvalue weighted by atomic mass is 32.2. The quantitative estimate of drug-likeness (QED) is 0.410. The first kappa shape index (κ1) is 20.9. The molecule has 3 aromatic heterocycles. The minimum atomic E-state index is -0.0554. The molecular formula is C22H24N6O2S. The fourth-order valence-corrected chi connectivity index (χ4v) is 4.29.